The van der Waals surface area contributed by atoms with E-state index in [0.29, 0.717) is 23.8 Å². The third kappa shape index (κ3) is 5.42. The first-order valence-corrected chi connectivity index (χ1v) is 13.8. The highest BCUT2D eigenvalue weighted by molar-refractivity contribution is 6.51. The monoisotopic (exact) mass is 524 g/mol. The second-order valence-electron chi connectivity index (χ2n) is 10.8. The molecule has 6 nitrogen and oxygen atoms in total. The summed E-state index contributed by atoms with van der Waals surface area (Å²) in [5, 5.41) is 11.5. The Labute approximate surface area is 230 Å². The molecule has 3 aromatic carbocycles. The van der Waals surface area contributed by atoms with Gasteiger partial charge in [-0.1, -0.05) is 44.2 Å². The number of piperidine rings is 1. The van der Waals surface area contributed by atoms with Crippen molar-refractivity contribution in [3.05, 3.63) is 95.1 Å². The van der Waals surface area contributed by atoms with Crippen molar-refractivity contribution in [2.24, 2.45) is 5.92 Å². The van der Waals surface area contributed by atoms with Crippen LogP contribution in [0.5, 0.6) is 5.75 Å². The number of benzene rings is 3. The molecule has 0 saturated carbocycles. The van der Waals surface area contributed by atoms with E-state index in [1.54, 1.807) is 18.2 Å². The Balaban J connectivity index is 1.54. The maximum Gasteiger partial charge on any atom is 0.300 e. The molecule has 202 valence electrons. The van der Waals surface area contributed by atoms with E-state index in [4.69, 9.17) is 4.74 Å². The lowest BCUT2D eigenvalue weighted by atomic mass is 9.94. The number of ether oxygens (including phenoxy) is 1. The largest absolute Gasteiger partial charge is 0.507 e. The Bertz CT molecular complexity index is 1370. The minimum absolute atomic E-state index is 0.0848. The number of Topliss-reactive ketones (excluding diaryl/α,β-unsaturated/α-hetero) is 1. The predicted octanol–water partition coefficient (Wildman–Crippen LogP) is 6.65. The number of hydrogen-bond donors (Lipinski definition) is 1. The van der Waals surface area contributed by atoms with Crippen LogP contribution < -0.4 is 14.5 Å². The molecule has 0 aromatic heterocycles. The van der Waals surface area contributed by atoms with Gasteiger partial charge >= 0.3 is 0 Å². The zero-order valence-electron chi connectivity index (χ0n) is 22.9. The van der Waals surface area contributed by atoms with Gasteiger partial charge < -0.3 is 14.7 Å². The summed E-state index contributed by atoms with van der Waals surface area (Å²) >= 11 is 0. The van der Waals surface area contributed by atoms with Crippen LogP contribution in [0.1, 0.15) is 55.8 Å². The molecule has 2 heterocycles. The fourth-order valence-corrected chi connectivity index (χ4v) is 5.40. The van der Waals surface area contributed by atoms with Crippen LogP contribution in [0.4, 0.5) is 11.4 Å². The number of anilines is 2. The van der Waals surface area contributed by atoms with E-state index in [9.17, 15) is 14.7 Å². The van der Waals surface area contributed by atoms with Crippen LogP contribution in [-0.2, 0) is 9.59 Å². The van der Waals surface area contributed by atoms with Crippen molar-refractivity contribution in [2.45, 2.75) is 46.1 Å². The number of nitrogens with zero attached hydrogens (tertiary/aromatic N) is 2. The van der Waals surface area contributed by atoms with Gasteiger partial charge in [0.25, 0.3) is 11.7 Å². The number of amides is 1. The Morgan fingerprint density at radius 3 is 2.23 bits per heavy atom. The van der Waals surface area contributed by atoms with Gasteiger partial charge in [0, 0.05) is 30.0 Å². The van der Waals surface area contributed by atoms with Crippen molar-refractivity contribution in [2.75, 3.05) is 29.5 Å². The maximum atomic E-state index is 13.5. The van der Waals surface area contributed by atoms with Gasteiger partial charge in [0.05, 0.1) is 18.2 Å². The summed E-state index contributed by atoms with van der Waals surface area (Å²) < 4.78 is 5.88. The second kappa shape index (κ2) is 11.4. The predicted molar refractivity (Wildman–Crippen MR) is 155 cm³/mol. The van der Waals surface area contributed by atoms with Crippen molar-refractivity contribution in [3.8, 4) is 5.75 Å². The summed E-state index contributed by atoms with van der Waals surface area (Å²) in [5.74, 6) is -0.417. The average molecular weight is 525 g/mol. The third-order valence-corrected chi connectivity index (χ3v) is 7.43. The molecule has 2 aliphatic heterocycles. The van der Waals surface area contributed by atoms with Crippen molar-refractivity contribution < 1.29 is 19.4 Å². The molecule has 0 spiro atoms. The summed E-state index contributed by atoms with van der Waals surface area (Å²) in [6.07, 6.45) is 3.60. The number of hydrogen-bond acceptors (Lipinski definition) is 5. The fraction of sp³-hybridized carbons (Fsp3) is 0.333. The van der Waals surface area contributed by atoms with E-state index >= 15 is 0 Å². The van der Waals surface area contributed by atoms with Gasteiger partial charge in [-0.15, -0.1) is 0 Å². The molecule has 1 atom stereocenters. The molecule has 0 radical (unpaired) electrons. The minimum atomic E-state index is -0.746. The molecule has 2 fully saturated rings. The molecule has 0 bridgehead atoms. The molecule has 1 N–H and O–H groups in total. The lowest BCUT2D eigenvalue weighted by Crippen LogP contribution is -2.30. The summed E-state index contributed by atoms with van der Waals surface area (Å²) in [5.41, 5.74) is 3.90. The molecule has 39 heavy (non-hydrogen) atoms. The molecular formula is C33H36N2O4. The summed E-state index contributed by atoms with van der Waals surface area (Å²) in [4.78, 5) is 30.8. The third-order valence-electron chi connectivity index (χ3n) is 7.43. The smallest absolute Gasteiger partial charge is 0.300 e. The van der Waals surface area contributed by atoms with Crippen molar-refractivity contribution in [1.82, 2.24) is 0 Å². The van der Waals surface area contributed by atoms with E-state index in [1.165, 1.54) is 24.2 Å². The lowest BCUT2D eigenvalue weighted by Gasteiger charge is -2.30. The zero-order chi connectivity index (χ0) is 27.5. The van der Waals surface area contributed by atoms with Crippen LogP contribution >= 0.6 is 0 Å². The highest BCUT2D eigenvalue weighted by Crippen LogP contribution is 2.42. The number of carbonyl (C=O) groups excluding carboxylic acids is 2. The SMILES string of the molecule is Cc1cc(/C(O)=C2/C(=O)C(=O)N(c3ccc(N4CCCCC4)cc3)C2c2ccccc2)ccc1OCC(C)C. The topological polar surface area (TPSA) is 70.1 Å². The first-order chi connectivity index (χ1) is 18.8. The second-order valence-corrected chi connectivity index (χ2v) is 10.8. The summed E-state index contributed by atoms with van der Waals surface area (Å²) in [6.45, 7) is 8.70. The molecule has 2 aliphatic rings. The van der Waals surface area contributed by atoms with E-state index in [2.05, 4.69) is 18.7 Å². The number of ketones is 1. The standard InChI is InChI=1S/C33H36N2O4/c1-22(2)21-39-28-17-12-25(20-23(28)3)31(36)29-30(24-10-6-4-7-11-24)35(33(38)32(29)37)27-15-13-26(14-16-27)34-18-8-5-9-19-34/h4,6-7,10-17,20,22,30,36H,5,8-9,18-19,21H2,1-3H3/b31-29-. The van der Waals surface area contributed by atoms with E-state index in [0.717, 1.165) is 35.7 Å². The van der Waals surface area contributed by atoms with Crippen LogP contribution in [0.3, 0.4) is 0 Å². The summed E-state index contributed by atoms with van der Waals surface area (Å²) in [6, 6.07) is 21.8. The summed E-state index contributed by atoms with van der Waals surface area (Å²) in [7, 11) is 0. The highest BCUT2D eigenvalue weighted by Gasteiger charge is 2.47. The zero-order valence-corrected chi connectivity index (χ0v) is 22.9. The molecule has 5 rings (SSSR count). The van der Waals surface area contributed by atoms with Crippen molar-refractivity contribution >= 4 is 28.8 Å². The first kappa shape index (κ1) is 26.5. The number of carbonyl (C=O) groups is 2. The van der Waals surface area contributed by atoms with Crippen LogP contribution in [0, 0.1) is 12.8 Å². The Morgan fingerprint density at radius 2 is 1.59 bits per heavy atom. The van der Waals surface area contributed by atoms with Crippen LogP contribution in [0.2, 0.25) is 0 Å². The van der Waals surface area contributed by atoms with Crippen LogP contribution in [0.15, 0.2) is 78.4 Å². The molecule has 1 amide bonds. The quantitative estimate of drug-likeness (QED) is 0.213. The maximum absolute atomic E-state index is 13.5. The normalized spacial score (nSPS) is 19.1. The minimum Gasteiger partial charge on any atom is -0.507 e. The van der Waals surface area contributed by atoms with Crippen molar-refractivity contribution in [3.63, 3.8) is 0 Å². The van der Waals surface area contributed by atoms with Gasteiger partial charge in [0.15, 0.2) is 0 Å². The number of aliphatic hydroxyl groups is 1. The van der Waals surface area contributed by atoms with Gasteiger partial charge in [-0.25, -0.2) is 0 Å². The van der Waals surface area contributed by atoms with Crippen molar-refractivity contribution in [1.29, 1.82) is 0 Å². The molecule has 3 aromatic rings. The molecule has 1 unspecified atom stereocenters. The van der Waals surface area contributed by atoms with E-state index in [-0.39, 0.29) is 11.3 Å². The average Bonchev–Trinajstić information content (AvgIpc) is 3.23. The van der Waals surface area contributed by atoms with Gasteiger partial charge in [-0.3, -0.25) is 14.5 Å². The molecule has 6 heteroatoms. The van der Waals surface area contributed by atoms with Gasteiger partial charge in [-0.05, 0) is 85.7 Å². The molecular weight excluding hydrogens is 488 g/mol. The Hall–Kier alpha value is -4.06. The molecule has 0 aliphatic carbocycles. The first-order valence-electron chi connectivity index (χ1n) is 13.8. The van der Waals surface area contributed by atoms with Gasteiger partial charge in [0.1, 0.15) is 11.5 Å². The van der Waals surface area contributed by atoms with E-state index in [1.807, 2.05) is 61.5 Å². The van der Waals surface area contributed by atoms with Crippen LogP contribution in [0.25, 0.3) is 5.76 Å². The molecule has 2 saturated heterocycles. The number of rotatable bonds is 7. The lowest BCUT2D eigenvalue weighted by molar-refractivity contribution is -0.132. The number of aliphatic hydroxyl groups excluding tert-OH is 1. The fourth-order valence-electron chi connectivity index (χ4n) is 5.40. The Kier molecular flexibility index (Phi) is 7.73. The van der Waals surface area contributed by atoms with Crippen LogP contribution in [-0.4, -0.2) is 36.5 Å². The highest BCUT2D eigenvalue weighted by atomic mass is 16.5. The van der Waals surface area contributed by atoms with Gasteiger partial charge in [0.2, 0.25) is 0 Å². The Morgan fingerprint density at radius 1 is 0.923 bits per heavy atom. The number of aryl methyl sites for hydroxylation is 1. The van der Waals surface area contributed by atoms with Gasteiger partial charge in [-0.2, -0.15) is 0 Å². The van der Waals surface area contributed by atoms with E-state index < -0.39 is 17.7 Å².